The van der Waals surface area contributed by atoms with Gasteiger partial charge in [-0.05, 0) is 6.08 Å². The van der Waals surface area contributed by atoms with Crippen LogP contribution in [0.4, 0.5) is 0 Å². The summed E-state index contributed by atoms with van der Waals surface area (Å²) in [4.78, 5) is 10.5. The van der Waals surface area contributed by atoms with Gasteiger partial charge in [-0.15, -0.1) is 5.10 Å². The van der Waals surface area contributed by atoms with Crippen LogP contribution in [-0.4, -0.2) is 48.5 Å². The number of nitrogens with zero attached hydrogens (tertiary/aromatic N) is 3. The number of hydrogen-bond acceptors (Lipinski definition) is 5. The third kappa shape index (κ3) is 4.73. The van der Waals surface area contributed by atoms with Gasteiger partial charge in [-0.3, -0.25) is 4.79 Å². The Labute approximate surface area is 133 Å². The van der Waals surface area contributed by atoms with Gasteiger partial charge in [0.2, 0.25) is 0 Å². The molecule has 0 saturated heterocycles. The molecule has 0 aliphatic rings. The second-order valence-electron chi connectivity index (χ2n) is 5.23. The van der Waals surface area contributed by atoms with Crippen LogP contribution in [0.3, 0.4) is 0 Å². The zero-order valence-corrected chi connectivity index (χ0v) is 12.7. The summed E-state index contributed by atoms with van der Waals surface area (Å²) in [7, 11) is 1.74. The Bertz CT molecular complexity index is 682. The van der Waals surface area contributed by atoms with Crippen LogP contribution in [0.1, 0.15) is 18.5 Å². The van der Waals surface area contributed by atoms with E-state index in [-0.39, 0.29) is 6.42 Å². The molecular weight excluding hydrogens is 298 g/mol. The number of carboxylic acid groups (broad SMARTS) is 1. The Morgan fingerprint density at radius 2 is 2.00 bits per heavy atom. The summed E-state index contributed by atoms with van der Waals surface area (Å²) < 4.78 is 1.58. The SMILES string of the molecule is Cn1nnc(-c2ccccc2)c1C=CC(O)CC(O)CC(=O)O. The summed E-state index contributed by atoms with van der Waals surface area (Å²) in [5, 5.41) is 36.1. The summed E-state index contributed by atoms with van der Waals surface area (Å²) in [5.41, 5.74) is 2.30. The molecule has 2 rings (SSSR count). The lowest BCUT2D eigenvalue weighted by Gasteiger charge is -2.10. The molecule has 2 unspecified atom stereocenters. The molecule has 0 radical (unpaired) electrons. The van der Waals surface area contributed by atoms with E-state index in [0.29, 0.717) is 11.4 Å². The van der Waals surface area contributed by atoms with Crippen molar-refractivity contribution in [2.75, 3.05) is 0 Å². The summed E-state index contributed by atoms with van der Waals surface area (Å²) in [6.45, 7) is 0. The number of carboxylic acids is 1. The van der Waals surface area contributed by atoms with E-state index in [1.165, 1.54) is 6.08 Å². The van der Waals surface area contributed by atoms with Crippen LogP contribution in [-0.2, 0) is 11.8 Å². The molecule has 23 heavy (non-hydrogen) atoms. The molecule has 0 fully saturated rings. The number of benzene rings is 1. The van der Waals surface area contributed by atoms with Crippen LogP contribution in [0.15, 0.2) is 36.4 Å². The van der Waals surface area contributed by atoms with Gasteiger partial charge in [0.25, 0.3) is 0 Å². The number of carbonyl (C=O) groups is 1. The smallest absolute Gasteiger partial charge is 0.305 e. The zero-order valence-electron chi connectivity index (χ0n) is 12.7. The van der Waals surface area contributed by atoms with E-state index >= 15 is 0 Å². The maximum atomic E-state index is 10.5. The van der Waals surface area contributed by atoms with Crippen molar-refractivity contribution in [3.63, 3.8) is 0 Å². The number of aliphatic hydroxyl groups excluding tert-OH is 2. The van der Waals surface area contributed by atoms with Crippen molar-refractivity contribution in [3.8, 4) is 11.3 Å². The lowest BCUT2D eigenvalue weighted by molar-refractivity contribution is -0.139. The van der Waals surface area contributed by atoms with E-state index in [2.05, 4.69) is 10.3 Å². The van der Waals surface area contributed by atoms with Crippen LogP contribution in [0.25, 0.3) is 17.3 Å². The Balaban J connectivity index is 2.11. The van der Waals surface area contributed by atoms with Gasteiger partial charge in [-0.2, -0.15) is 0 Å². The Morgan fingerprint density at radius 1 is 1.30 bits per heavy atom. The second-order valence-corrected chi connectivity index (χ2v) is 5.23. The van der Waals surface area contributed by atoms with Gasteiger partial charge in [0.1, 0.15) is 5.69 Å². The van der Waals surface area contributed by atoms with E-state index in [9.17, 15) is 15.0 Å². The molecule has 0 aliphatic heterocycles. The fraction of sp³-hybridized carbons (Fsp3) is 0.312. The maximum Gasteiger partial charge on any atom is 0.305 e. The van der Waals surface area contributed by atoms with E-state index in [1.54, 1.807) is 17.8 Å². The second kappa shape index (κ2) is 7.66. The number of aliphatic hydroxyl groups is 2. The third-order valence-electron chi connectivity index (χ3n) is 3.32. The molecule has 3 N–H and O–H groups in total. The largest absolute Gasteiger partial charge is 0.481 e. The first-order valence-electron chi connectivity index (χ1n) is 7.18. The Morgan fingerprint density at radius 3 is 2.65 bits per heavy atom. The molecular formula is C16H19N3O4. The monoisotopic (exact) mass is 317 g/mol. The molecule has 0 spiro atoms. The number of hydrogen-bond donors (Lipinski definition) is 3. The molecule has 1 aromatic carbocycles. The van der Waals surface area contributed by atoms with Crippen molar-refractivity contribution >= 4 is 12.0 Å². The van der Waals surface area contributed by atoms with Crippen LogP contribution in [0, 0.1) is 0 Å². The standard InChI is InChI=1S/C16H19N3O4/c1-19-14(8-7-12(20)9-13(21)10-15(22)23)16(17-18-19)11-5-3-2-4-6-11/h2-8,12-13,20-21H,9-10H2,1H3,(H,22,23). The maximum absolute atomic E-state index is 10.5. The first-order valence-corrected chi connectivity index (χ1v) is 7.18. The van der Waals surface area contributed by atoms with Gasteiger partial charge >= 0.3 is 5.97 Å². The van der Waals surface area contributed by atoms with E-state index < -0.39 is 24.6 Å². The predicted octanol–water partition coefficient (Wildman–Crippen LogP) is 1.08. The molecule has 0 saturated carbocycles. The van der Waals surface area contributed by atoms with Gasteiger partial charge in [-0.1, -0.05) is 41.6 Å². The molecule has 0 bridgehead atoms. The van der Waals surface area contributed by atoms with Gasteiger partial charge < -0.3 is 15.3 Å². The quantitative estimate of drug-likeness (QED) is 0.705. The number of aryl methyl sites for hydroxylation is 1. The summed E-state index contributed by atoms with van der Waals surface area (Å²) in [5.74, 6) is -1.10. The summed E-state index contributed by atoms with van der Waals surface area (Å²) >= 11 is 0. The fourth-order valence-electron chi connectivity index (χ4n) is 2.20. The zero-order chi connectivity index (χ0) is 16.8. The number of rotatable bonds is 7. The summed E-state index contributed by atoms with van der Waals surface area (Å²) in [6, 6.07) is 9.52. The minimum Gasteiger partial charge on any atom is -0.481 e. The fourth-order valence-corrected chi connectivity index (χ4v) is 2.20. The van der Waals surface area contributed by atoms with Crippen molar-refractivity contribution in [1.29, 1.82) is 0 Å². The van der Waals surface area contributed by atoms with Gasteiger partial charge in [0, 0.05) is 19.0 Å². The van der Waals surface area contributed by atoms with Crippen molar-refractivity contribution < 1.29 is 20.1 Å². The number of aromatic nitrogens is 3. The molecule has 1 heterocycles. The minimum atomic E-state index is -1.10. The van der Waals surface area contributed by atoms with Gasteiger partial charge in [-0.25, -0.2) is 4.68 Å². The molecule has 0 aliphatic carbocycles. The van der Waals surface area contributed by atoms with Gasteiger partial charge in [0.15, 0.2) is 0 Å². The molecule has 122 valence electrons. The van der Waals surface area contributed by atoms with E-state index in [1.807, 2.05) is 30.3 Å². The van der Waals surface area contributed by atoms with Crippen LogP contribution in [0.5, 0.6) is 0 Å². The molecule has 7 heteroatoms. The highest BCUT2D eigenvalue weighted by atomic mass is 16.4. The lowest BCUT2D eigenvalue weighted by atomic mass is 10.1. The molecule has 0 amide bonds. The van der Waals surface area contributed by atoms with E-state index in [4.69, 9.17) is 5.11 Å². The Hall–Kier alpha value is -2.51. The summed E-state index contributed by atoms with van der Waals surface area (Å²) in [6.07, 6.45) is 0.673. The minimum absolute atomic E-state index is 0.0469. The predicted molar refractivity (Wildman–Crippen MR) is 84.4 cm³/mol. The lowest BCUT2D eigenvalue weighted by Crippen LogP contribution is -2.19. The number of aliphatic carboxylic acids is 1. The van der Waals surface area contributed by atoms with Gasteiger partial charge in [0.05, 0.1) is 24.3 Å². The van der Waals surface area contributed by atoms with Crippen molar-refractivity contribution in [2.24, 2.45) is 7.05 Å². The highest BCUT2D eigenvalue weighted by Gasteiger charge is 2.14. The molecule has 1 aromatic heterocycles. The van der Waals surface area contributed by atoms with Crippen molar-refractivity contribution in [3.05, 3.63) is 42.1 Å². The van der Waals surface area contributed by atoms with Crippen LogP contribution in [0.2, 0.25) is 0 Å². The van der Waals surface area contributed by atoms with Crippen molar-refractivity contribution in [1.82, 2.24) is 15.0 Å². The van der Waals surface area contributed by atoms with Crippen LogP contribution < -0.4 is 0 Å². The van der Waals surface area contributed by atoms with Crippen molar-refractivity contribution in [2.45, 2.75) is 25.0 Å². The topological polar surface area (TPSA) is 108 Å². The first-order chi connectivity index (χ1) is 11.0. The average Bonchev–Trinajstić information content (AvgIpc) is 2.86. The normalized spacial score (nSPS) is 14.0. The highest BCUT2D eigenvalue weighted by Crippen LogP contribution is 2.21. The molecule has 2 atom stereocenters. The third-order valence-corrected chi connectivity index (χ3v) is 3.32. The highest BCUT2D eigenvalue weighted by molar-refractivity contribution is 5.69. The van der Waals surface area contributed by atoms with E-state index in [0.717, 1.165) is 5.56 Å². The Kier molecular flexibility index (Phi) is 5.61. The first kappa shape index (κ1) is 16.9. The average molecular weight is 317 g/mol. The molecule has 7 nitrogen and oxygen atoms in total. The van der Waals surface area contributed by atoms with Crippen LogP contribution >= 0.6 is 0 Å². The molecule has 2 aromatic rings.